The van der Waals surface area contributed by atoms with Gasteiger partial charge in [0.25, 0.3) is 5.91 Å². The topological polar surface area (TPSA) is 106 Å². The third-order valence-electron chi connectivity index (χ3n) is 4.91. The number of nitrogens with zero attached hydrogens (tertiary/aromatic N) is 1. The van der Waals surface area contributed by atoms with Crippen LogP contribution in [0, 0.1) is 0 Å². The van der Waals surface area contributed by atoms with Crippen molar-refractivity contribution in [3.8, 4) is 5.75 Å². The SMILES string of the molecule is CCCCCOC(=O)CC1C(=O)NCCN1C(=S)NC(=O)c1cc(Br)ccc1OCCOC. The molecule has 1 atom stereocenters. The molecule has 1 fully saturated rings. The highest BCUT2D eigenvalue weighted by atomic mass is 79.9. The zero-order valence-corrected chi connectivity index (χ0v) is 21.3. The fraction of sp³-hybridized carbons (Fsp3) is 0.545. The van der Waals surface area contributed by atoms with E-state index in [1.807, 2.05) is 0 Å². The van der Waals surface area contributed by atoms with Crippen LogP contribution in [0.3, 0.4) is 0 Å². The molecule has 1 aliphatic heterocycles. The van der Waals surface area contributed by atoms with E-state index in [9.17, 15) is 14.4 Å². The number of thiocarbonyl (C=S) groups is 1. The van der Waals surface area contributed by atoms with Crippen LogP contribution in [0.4, 0.5) is 0 Å². The Labute approximate surface area is 207 Å². The molecule has 1 saturated heterocycles. The summed E-state index contributed by atoms with van der Waals surface area (Å²) in [5.74, 6) is -0.928. The van der Waals surface area contributed by atoms with Gasteiger partial charge in [-0.25, -0.2) is 0 Å². The number of nitrogens with one attached hydrogen (secondary N) is 2. The third kappa shape index (κ3) is 8.56. The van der Waals surface area contributed by atoms with E-state index in [1.165, 1.54) is 0 Å². The van der Waals surface area contributed by atoms with Crippen molar-refractivity contribution in [3.05, 3.63) is 28.2 Å². The molecule has 0 spiro atoms. The van der Waals surface area contributed by atoms with E-state index in [1.54, 1.807) is 30.2 Å². The lowest BCUT2D eigenvalue weighted by atomic mass is 10.1. The highest BCUT2D eigenvalue weighted by molar-refractivity contribution is 9.10. The molecule has 1 heterocycles. The van der Waals surface area contributed by atoms with Gasteiger partial charge in [-0.15, -0.1) is 0 Å². The predicted octanol–water partition coefficient (Wildman–Crippen LogP) is 2.41. The summed E-state index contributed by atoms with van der Waals surface area (Å²) in [6.07, 6.45) is 2.60. The summed E-state index contributed by atoms with van der Waals surface area (Å²) in [6, 6.07) is 4.19. The van der Waals surface area contributed by atoms with Crippen molar-refractivity contribution >= 4 is 51.0 Å². The molecule has 1 aliphatic rings. The lowest BCUT2D eigenvalue weighted by molar-refractivity contribution is -0.147. The van der Waals surface area contributed by atoms with Gasteiger partial charge in [-0.3, -0.25) is 19.7 Å². The maximum absolute atomic E-state index is 13.0. The van der Waals surface area contributed by atoms with E-state index < -0.39 is 17.9 Å². The summed E-state index contributed by atoms with van der Waals surface area (Å²) in [7, 11) is 1.56. The minimum Gasteiger partial charge on any atom is -0.490 e. The lowest BCUT2D eigenvalue weighted by Gasteiger charge is -2.36. The van der Waals surface area contributed by atoms with Crippen LogP contribution in [0.15, 0.2) is 22.7 Å². The molecule has 0 bridgehead atoms. The molecular formula is C22H30BrN3O6S. The maximum Gasteiger partial charge on any atom is 0.308 e. The van der Waals surface area contributed by atoms with Gasteiger partial charge >= 0.3 is 5.97 Å². The second kappa shape index (κ2) is 14.1. The van der Waals surface area contributed by atoms with E-state index in [0.717, 1.165) is 19.3 Å². The number of hydrogen-bond donors (Lipinski definition) is 2. The van der Waals surface area contributed by atoms with Crippen molar-refractivity contribution in [2.75, 3.05) is 40.0 Å². The highest BCUT2D eigenvalue weighted by Gasteiger charge is 2.34. The number of unbranched alkanes of at least 4 members (excludes halogenated alkanes) is 2. The minimum atomic E-state index is -0.856. The van der Waals surface area contributed by atoms with Crippen molar-refractivity contribution in [2.45, 2.75) is 38.6 Å². The van der Waals surface area contributed by atoms with Gasteiger partial charge in [0.2, 0.25) is 5.91 Å². The number of rotatable bonds is 11. The summed E-state index contributed by atoms with van der Waals surface area (Å²) in [6.45, 7) is 3.72. The number of halogens is 1. The molecule has 1 aromatic carbocycles. The van der Waals surface area contributed by atoms with Gasteiger partial charge in [0.1, 0.15) is 18.4 Å². The zero-order valence-electron chi connectivity index (χ0n) is 18.9. The molecule has 2 rings (SSSR count). The second-order valence-electron chi connectivity index (χ2n) is 7.37. The van der Waals surface area contributed by atoms with Gasteiger partial charge in [0.05, 0.1) is 25.2 Å². The van der Waals surface area contributed by atoms with E-state index >= 15 is 0 Å². The summed E-state index contributed by atoms with van der Waals surface area (Å²) < 4.78 is 16.6. The number of piperazine rings is 1. The van der Waals surface area contributed by atoms with Gasteiger partial charge < -0.3 is 24.4 Å². The molecule has 0 saturated carbocycles. The largest absolute Gasteiger partial charge is 0.490 e. The standard InChI is InChI=1S/C22H30BrN3O6S/c1-3-4-5-10-32-19(27)14-17-21(29)24-8-9-26(17)22(33)25-20(28)16-13-15(23)6-7-18(16)31-12-11-30-2/h6-7,13,17H,3-5,8-12,14H2,1-2H3,(H,24,29)(H,25,28,33). The molecule has 182 valence electrons. The van der Waals surface area contributed by atoms with Crippen molar-refractivity contribution in [1.29, 1.82) is 0 Å². The van der Waals surface area contributed by atoms with Crippen LogP contribution in [-0.4, -0.2) is 73.9 Å². The monoisotopic (exact) mass is 543 g/mol. The average molecular weight is 544 g/mol. The number of carbonyl (C=O) groups is 3. The number of esters is 1. The van der Waals surface area contributed by atoms with Crippen LogP contribution in [-0.2, 0) is 19.1 Å². The summed E-state index contributed by atoms with van der Waals surface area (Å²) in [5.41, 5.74) is 0.274. The van der Waals surface area contributed by atoms with Crippen LogP contribution in [0.1, 0.15) is 43.0 Å². The fourth-order valence-electron chi connectivity index (χ4n) is 3.19. The molecule has 11 heteroatoms. The number of benzene rings is 1. The Kier molecular flexibility index (Phi) is 11.6. The van der Waals surface area contributed by atoms with Crippen LogP contribution >= 0.6 is 28.1 Å². The van der Waals surface area contributed by atoms with Crippen LogP contribution in [0.2, 0.25) is 0 Å². The number of hydrogen-bond acceptors (Lipinski definition) is 7. The predicted molar refractivity (Wildman–Crippen MR) is 130 cm³/mol. The van der Waals surface area contributed by atoms with Gasteiger partial charge in [0.15, 0.2) is 5.11 Å². The van der Waals surface area contributed by atoms with E-state index in [-0.39, 0.29) is 29.6 Å². The van der Waals surface area contributed by atoms with E-state index in [0.29, 0.717) is 36.5 Å². The molecule has 0 radical (unpaired) electrons. The van der Waals surface area contributed by atoms with Gasteiger partial charge in [-0.2, -0.15) is 0 Å². The van der Waals surface area contributed by atoms with Crippen molar-refractivity contribution in [3.63, 3.8) is 0 Å². The Balaban J connectivity index is 2.05. The maximum atomic E-state index is 13.0. The highest BCUT2D eigenvalue weighted by Crippen LogP contribution is 2.23. The zero-order chi connectivity index (χ0) is 24.2. The summed E-state index contributed by atoms with van der Waals surface area (Å²) in [5, 5.41) is 5.45. The van der Waals surface area contributed by atoms with Crippen molar-refractivity contribution < 1.29 is 28.6 Å². The first kappa shape index (κ1) is 27.0. The molecule has 9 nitrogen and oxygen atoms in total. The number of amides is 2. The van der Waals surface area contributed by atoms with Gasteiger partial charge in [-0.05, 0) is 36.8 Å². The lowest BCUT2D eigenvalue weighted by Crippen LogP contribution is -2.60. The minimum absolute atomic E-state index is 0.0569. The van der Waals surface area contributed by atoms with Crippen molar-refractivity contribution in [1.82, 2.24) is 15.5 Å². The first-order chi connectivity index (χ1) is 15.9. The second-order valence-corrected chi connectivity index (χ2v) is 8.68. The Hall–Kier alpha value is -2.24. The van der Waals surface area contributed by atoms with Crippen molar-refractivity contribution in [2.24, 2.45) is 0 Å². The average Bonchev–Trinajstić information content (AvgIpc) is 2.79. The van der Waals surface area contributed by atoms with Gasteiger partial charge in [-0.1, -0.05) is 35.7 Å². The van der Waals surface area contributed by atoms with Crippen LogP contribution in [0.5, 0.6) is 5.75 Å². The van der Waals surface area contributed by atoms with Gasteiger partial charge in [0, 0.05) is 24.7 Å². The number of methoxy groups -OCH3 is 1. The molecule has 0 aromatic heterocycles. The fourth-order valence-corrected chi connectivity index (χ4v) is 3.86. The van der Waals surface area contributed by atoms with Crippen LogP contribution < -0.4 is 15.4 Å². The quantitative estimate of drug-likeness (QED) is 0.249. The Morgan fingerprint density at radius 1 is 1.27 bits per heavy atom. The Bertz CT molecular complexity index is 853. The molecule has 0 aliphatic carbocycles. The molecule has 1 aromatic rings. The molecule has 2 amide bonds. The van der Waals surface area contributed by atoms with E-state index in [4.69, 9.17) is 26.4 Å². The first-order valence-corrected chi connectivity index (χ1v) is 12.0. The Morgan fingerprint density at radius 2 is 2.06 bits per heavy atom. The normalized spacial score (nSPS) is 15.5. The number of carbonyl (C=O) groups excluding carboxylic acids is 3. The molecular weight excluding hydrogens is 514 g/mol. The smallest absolute Gasteiger partial charge is 0.308 e. The third-order valence-corrected chi connectivity index (χ3v) is 5.74. The van der Waals surface area contributed by atoms with Crippen LogP contribution in [0.25, 0.3) is 0 Å². The summed E-state index contributed by atoms with van der Waals surface area (Å²) in [4.78, 5) is 39.2. The first-order valence-electron chi connectivity index (χ1n) is 10.8. The van der Waals surface area contributed by atoms with E-state index in [2.05, 4.69) is 33.5 Å². The molecule has 1 unspecified atom stereocenters. The molecule has 33 heavy (non-hydrogen) atoms. The molecule has 2 N–H and O–H groups in total. The summed E-state index contributed by atoms with van der Waals surface area (Å²) >= 11 is 8.78. The Morgan fingerprint density at radius 3 is 2.79 bits per heavy atom. The number of ether oxygens (including phenoxy) is 3.